The normalized spacial score (nSPS) is 15.0. The maximum atomic E-state index is 13.0. The molecule has 1 amide bonds. The van der Waals surface area contributed by atoms with Gasteiger partial charge in [-0.2, -0.15) is 0 Å². The van der Waals surface area contributed by atoms with E-state index in [-0.39, 0.29) is 5.91 Å². The van der Waals surface area contributed by atoms with Gasteiger partial charge in [-0.05, 0) is 54.5 Å². The Morgan fingerprint density at radius 2 is 1.78 bits per heavy atom. The van der Waals surface area contributed by atoms with E-state index in [0.717, 1.165) is 22.6 Å². The van der Waals surface area contributed by atoms with Crippen LogP contribution in [0.25, 0.3) is 23.0 Å². The van der Waals surface area contributed by atoms with Gasteiger partial charge < -0.3 is 9.32 Å². The van der Waals surface area contributed by atoms with Crippen LogP contribution in [-0.2, 0) is 4.79 Å². The van der Waals surface area contributed by atoms with Gasteiger partial charge in [0.05, 0.1) is 11.3 Å². The highest BCUT2D eigenvalue weighted by molar-refractivity contribution is 6.35. The fraction of sp³-hybridized carbons (Fsp3) is 0.174. The lowest BCUT2D eigenvalue weighted by atomic mass is 10.1. The van der Waals surface area contributed by atoms with Crippen molar-refractivity contribution in [3.63, 3.8) is 0 Å². The summed E-state index contributed by atoms with van der Waals surface area (Å²) in [7, 11) is 0. The molecule has 0 atom stereocenters. The number of anilines is 1. The van der Waals surface area contributed by atoms with E-state index in [1.807, 2.05) is 71.6 Å². The molecule has 0 unspecified atom stereocenters. The first-order chi connectivity index (χ1) is 13.0. The molecule has 0 fully saturated rings. The van der Waals surface area contributed by atoms with Gasteiger partial charge in [0.15, 0.2) is 0 Å². The molecule has 2 aromatic carbocycles. The van der Waals surface area contributed by atoms with Gasteiger partial charge in [0.1, 0.15) is 11.5 Å². The molecule has 27 heavy (non-hydrogen) atoms. The van der Waals surface area contributed by atoms with Crippen molar-refractivity contribution >= 4 is 34.8 Å². The Morgan fingerprint density at radius 1 is 1.04 bits per heavy atom. The minimum absolute atomic E-state index is 0.0225. The summed E-state index contributed by atoms with van der Waals surface area (Å²) >= 11 is 5.95. The van der Waals surface area contributed by atoms with Gasteiger partial charge in [0, 0.05) is 22.7 Å². The molecule has 1 aliphatic rings. The van der Waals surface area contributed by atoms with Gasteiger partial charge in [-0.3, -0.25) is 4.79 Å². The van der Waals surface area contributed by atoms with E-state index in [1.54, 1.807) is 0 Å². The quantitative estimate of drug-likeness (QED) is 0.511. The van der Waals surface area contributed by atoms with Crippen LogP contribution in [0.1, 0.15) is 25.2 Å². The van der Waals surface area contributed by atoms with E-state index in [0.29, 0.717) is 28.8 Å². The number of rotatable bonds is 4. The number of hydrogen-bond donors (Lipinski definition) is 0. The van der Waals surface area contributed by atoms with Crippen molar-refractivity contribution in [3.05, 3.63) is 77.0 Å². The third-order valence-corrected chi connectivity index (χ3v) is 4.80. The summed E-state index contributed by atoms with van der Waals surface area (Å²) in [6, 6.07) is 19.2. The maximum absolute atomic E-state index is 13.0. The summed E-state index contributed by atoms with van der Waals surface area (Å²) < 4.78 is 5.96. The lowest BCUT2D eigenvalue weighted by Gasteiger charge is -2.19. The largest absolute Gasteiger partial charge is 0.457 e. The lowest BCUT2D eigenvalue weighted by molar-refractivity contribution is -0.113. The summed E-state index contributed by atoms with van der Waals surface area (Å²) in [6.07, 6.45) is 1.83. The number of carbonyl (C=O) groups excluding carboxylic acids is 1. The number of benzene rings is 2. The zero-order valence-corrected chi connectivity index (χ0v) is 16.0. The molecule has 136 valence electrons. The number of fused-ring (bicyclic) bond motifs is 1. The summed E-state index contributed by atoms with van der Waals surface area (Å²) in [5.74, 6) is 1.82. The second-order valence-corrected chi connectivity index (χ2v) is 7.53. The van der Waals surface area contributed by atoms with Gasteiger partial charge >= 0.3 is 0 Å². The molecular formula is C23H20ClNO2. The van der Waals surface area contributed by atoms with Crippen molar-refractivity contribution in [1.82, 2.24) is 0 Å². The highest BCUT2D eigenvalue weighted by Crippen LogP contribution is 2.38. The minimum atomic E-state index is 0.0225. The maximum Gasteiger partial charge on any atom is 0.259 e. The van der Waals surface area contributed by atoms with E-state index in [9.17, 15) is 4.79 Å². The Morgan fingerprint density at radius 3 is 2.52 bits per heavy atom. The Bertz CT molecular complexity index is 1010. The molecule has 0 bridgehead atoms. The molecule has 0 N–H and O–H groups in total. The van der Waals surface area contributed by atoms with Crippen LogP contribution in [0.15, 0.2) is 65.1 Å². The molecule has 0 saturated carbocycles. The second kappa shape index (κ2) is 7.09. The van der Waals surface area contributed by atoms with Crippen molar-refractivity contribution in [3.8, 4) is 11.3 Å². The van der Waals surface area contributed by atoms with Gasteiger partial charge in [0.25, 0.3) is 5.91 Å². The molecule has 4 heteroatoms. The third kappa shape index (κ3) is 3.43. The molecular weight excluding hydrogens is 358 g/mol. The molecule has 4 rings (SSSR count). The van der Waals surface area contributed by atoms with Crippen LogP contribution in [0.3, 0.4) is 0 Å². The van der Waals surface area contributed by atoms with Crippen molar-refractivity contribution in [2.75, 3.05) is 11.4 Å². The van der Waals surface area contributed by atoms with Crippen LogP contribution >= 0.6 is 11.6 Å². The summed E-state index contributed by atoms with van der Waals surface area (Å²) in [4.78, 5) is 14.9. The number of hydrogen-bond acceptors (Lipinski definition) is 2. The second-order valence-electron chi connectivity index (χ2n) is 7.09. The summed E-state index contributed by atoms with van der Waals surface area (Å²) in [5.41, 5.74) is 3.53. The molecule has 3 nitrogen and oxygen atoms in total. The lowest BCUT2D eigenvalue weighted by Crippen LogP contribution is -2.30. The SMILES string of the molecule is CC(C)CN1C(=O)/C(=C\c2ccc(-c3ccc(Cl)cc3)o2)c2ccccc21. The van der Waals surface area contributed by atoms with Crippen LogP contribution in [0.5, 0.6) is 0 Å². The number of nitrogens with zero attached hydrogens (tertiary/aromatic N) is 1. The number of para-hydroxylation sites is 1. The van der Waals surface area contributed by atoms with Crippen LogP contribution in [0.2, 0.25) is 5.02 Å². The number of carbonyl (C=O) groups is 1. The highest BCUT2D eigenvalue weighted by atomic mass is 35.5. The molecule has 1 aliphatic heterocycles. The fourth-order valence-corrected chi connectivity index (χ4v) is 3.46. The average molecular weight is 378 g/mol. The monoisotopic (exact) mass is 377 g/mol. The van der Waals surface area contributed by atoms with Crippen LogP contribution in [0.4, 0.5) is 5.69 Å². The first-order valence-electron chi connectivity index (χ1n) is 9.01. The Balaban J connectivity index is 1.70. The minimum Gasteiger partial charge on any atom is -0.457 e. The molecule has 1 aromatic heterocycles. The third-order valence-electron chi connectivity index (χ3n) is 4.55. The van der Waals surface area contributed by atoms with E-state index in [4.69, 9.17) is 16.0 Å². The van der Waals surface area contributed by atoms with Gasteiger partial charge in [0.2, 0.25) is 0 Å². The Labute approximate surface area is 163 Å². The first kappa shape index (κ1) is 17.6. The fourth-order valence-electron chi connectivity index (χ4n) is 3.33. The Hall–Kier alpha value is -2.78. The average Bonchev–Trinajstić information content (AvgIpc) is 3.22. The van der Waals surface area contributed by atoms with Crippen LogP contribution in [0, 0.1) is 5.92 Å². The highest BCUT2D eigenvalue weighted by Gasteiger charge is 2.32. The zero-order valence-electron chi connectivity index (χ0n) is 15.3. The number of amides is 1. The van der Waals surface area contributed by atoms with Crippen molar-refractivity contribution in [2.45, 2.75) is 13.8 Å². The van der Waals surface area contributed by atoms with Crippen molar-refractivity contribution < 1.29 is 9.21 Å². The first-order valence-corrected chi connectivity index (χ1v) is 9.39. The molecule has 0 radical (unpaired) electrons. The van der Waals surface area contributed by atoms with Crippen molar-refractivity contribution in [1.29, 1.82) is 0 Å². The molecule has 0 spiro atoms. The molecule has 0 saturated heterocycles. The van der Waals surface area contributed by atoms with E-state index < -0.39 is 0 Å². The van der Waals surface area contributed by atoms with Gasteiger partial charge in [-0.15, -0.1) is 0 Å². The number of furan rings is 1. The van der Waals surface area contributed by atoms with E-state index in [2.05, 4.69) is 13.8 Å². The van der Waals surface area contributed by atoms with Crippen molar-refractivity contribution in [2.24, 2.45) is 5.92 Å². The van der Waals surface area contributed by atoms with Gasteiger partial charge in [-0.1, -0.05) is 43.6 Å². The molecule has 2 heterocycles. The van der Waals surface area contributed by atoms with E-state index in [1.165, 1.54) is 0 Å². The summed E-state index contributed by atoms with van der Waals surface area (Å²) in [5, 5.41) is 0.686. The predicted molar refractivity (Wildman–Crippen MR) is 111 cm³/mol. The Kier molecular flexibility index (Phi) is 4.63. The van der Waals surface area contributed by atoms with Crippen LogP contribution < -0.4 is 4.90 Å². The van der Waals surface area contributed by atoms with E-state index >= 15 is 0 Å². The number of halogens is 1. The predicted octanol–water partition coefficient (Wildman–Crippen LogP) is 6.14. The van der Waals surface area contributed by atoms with Gasteiger partial charge in [-0.25, -0.2) is 0 Å². The topological polar surface area (TPSA) is 33.5 Å². The zero-order chi connectivity index (χ0) is 19.0. The molecule has 0 aliphatic carbocycles. The molecule has 3 aromatic rings. The smallest absolute Gasteiger partial charge is 0.259 e. The summed E-state index contributed by atoms with van der Waals surface area (Å²) in [6.45, 7) is 4.92. The van der Waals surface area contributed by atoms with Crippen LogP contribution in [-0.4, -0.2) is 12.5 Å². The standard InChI is InChI=1S/C23H20ClNO2/c1-15(2)14-25-21-6-4-3-5-19(21)20(23(25)26)13-18-11-12-22(27-18)16-7-9-17(24)10-8-16/h3-13,15H,14H2,1-2H3/b20-13-.